The molecule has 0 saturated carbocycles. The Morgan fingerprint density at radius 1 is 1.20 bits per heavy atom. The van der Waals surface area contributed by atoms with Crippen LogP contribution in [0.2, 0.25) is 0 Å². The van der Waals surface area contributed by atoms with E-state index in [1.165, 1.54) is 0 Å². The van der Waals surface area contributed by atoms with E-state index in [0.29, 0.717) is 13.2 Å². The minimum absolute atomic E-state index is 0.371. The second-order valence-electron chi connectivity index (χ2n) is 4.54. The van der Waals surface area contributed by atoms with Crippen LogP contribution in [0.5, 0.6) is 5.75 Å². The highest BCUT2D eigenvalue weighted by atomic mass is 16.5. The zero-order chi connectivity index (χ0) is 14.4. The maximum absolute atomic E-state index is 5.83. The summed E-state index contributed by atoms with van der Waals surface area (Å²) >= 11 is 0. The standard InChI is InChI=1S/C17H18N2O/c1-13-5-4-10-19-16(13)12-20-17-8-7-15(6-3-9-18)11-14(17)2/h4-5,7-8,10-11H,9,12,18H2,1-2H3. The van der Waals surface area contributed by atoms with Crippen molar-refractivity contribution in [2.75, 3.05) is 6.54 Å². The van der Waals surface area contributed by atoms with Gasteiger partial charge in [-0.3, -0.25) is 4.98 Å². The lowest BCUT2D eigenvalue weighted by Crippen LogP contribution is -2.01. The van der Waals surface area contributed by atoms with E-state index >= 15 is 0 Å². The second kappa shape index (κ2) is 6.74. The van der Waals surface area contributed by atoms with Gasteiger partial charge in [0, 0.05) is 11.8 Å². The Kier molecular flexibility index (Phi) is 4.75. The summed E-state index contributed by atoms with van der Waals surface area (Å²) in [5.74, 6) is 6.71. The van der Waals surface area contributed by atoms with Crippen molar-refractivity contribution in [1.82, 2.24) is 4.98 Å². The van der Waals surface area contributed by atoms with Crippen LogP contribution in [0.4, 0.5) is 0 Å². The Morgan fingerprint density at radius 2 is 2.05 bits per heavy atom. The van der Waals surface area contributed by atoms with Crippen LogP contribution in [0.3, 0.4) is 0 Å². The second-order valence-corrected chi connectivity index (χ2v) is 4.54. The normalized spacial score (nSPS) is 9.75. The summed E-state index contributed by atoms with van der Waals surface area (Å²) in [6.07, 6.45) is 1.78. The van der Waals surface area contributed by atoms with Gasteiger partial charge in [-0.1, -0.05) is 17.9 Å². The molecule has 1 heterocycles. The molecule has 1 aromatic heterocycles. The fourth-order valence-corrected chi connectivity index (χ4v) is 1.86. The van der Waals surface area contributed by atoms with Gasteiger partial charge in [-0.05, 0) is 49.2 Å². The van der Waals surface area contributed by atoms with Crippen LogP contribution >= 0.6 is 0 Å². The molecule has 0 radical (unpaired) electrons. The van der Waals surface area contributed by atoms with E-state index in [1.807, 2.05) is 44.2 Å². The molecular formula is C17H18N2O. The molecule has 0 atom stereocenters. The van der Waals surface area contributed by atoms with Crippen LogP contribution in [0.1, 0.15) is 22.4 Å². The molecule has 0 aliphatic heterocycles. The Labute approximate surface area is 119 Å². The molecule has 3 heteroatoms. The predicted octanol–water partition coefficient (Wildman–Crippen LogP) is 2.59. The molecule has 0 aliphatic carbocycles. The zero-order valence-corrected chi connectivity index (χ0v) is 11.8. The molecule has 2 aromatic rings. The third-order valence-electron chi connectivity index (χ3n) is 2.99. The molecule has 0 fully saturated rings. The molecule has 0 unspecified atom stereocenters. The monoisotopic (exact) mass is 266 g/mol. The SMILES string of the molecule is Cc1cc(C#CCN)ccc1OCc1ncccc1C. The van der Waals surface area contributed by atoms with E-state index in [-0.39, 0.29) is 0 Å². The zero-order valence-electron chi connectivity index (χ0n) is 11.8. The first-order valence-electron chi connectivity index (χ1n) is 6.53. The highest BCUT2D eigenvalue weighted by molar-refractivity contribution is 5.43. The molecular weight excluding hydrogens is 248 g/mol. The van der Waals surface area contributed by atoms with Gasteiger partial charge in [-0.2, -0.15) is 0 Å². The van der Waals surface area contributed by atoms with Gasteiger partial charge < -0.3 is 10.5 Å². The van der Waals surface area contributed by atoms with Gasteiger partial charge in [0.05, 0.1) is 12.2 Å². The smallest absolute Gasteiger partial charge is 0.130 e. The number of rotatable bonds is 3. The summed E-state index contributed by atoms with van der Waals surface area (Å²) in [7, 11) is 0. The number of aromatic nitrogens is 1. The van der Waals surface area contributed by atoms with E-state index in [0.717, 1.165) is 28.1 Å². The molecule has 0 aliphatic rings. The Hall–Kier alpha value is -2.31. The number of pyridine rings is 1. The van der Waals surface area contributed by atoms with Crippen LogP contribution in [-0.2, 0) is 6.61 Å². The Morgan fingerprint density at radius 3 is 2.75 bits per heavy atom. The van der Waals surface area contributed by atoms with Gasteiger partial charge in [0.25, 0.3) is 0 Å². The van der Waals surface area contributed by atoms with Crippen LogP contribution in [0.25, 0.3) is 0 Å². The van der Waals surface area contributed by atoms with Crippen LogP contribution in [-0.4, -0.2) is 11.5 Å². The molecule has 2 rings (SSSR count). The third kappa shape index (κ3) is 3.59. The number of nitrogens with two attached hydrogens (primary N) is 1. The summed E-state index contributed by atoms with van der Waals surface area (Å²) in [5, 5.41) is 0. The maximum atomic E-state index is 5.83. The first-order chi connectivity index (χ1) is 9.70. The topological polar surface area (TPSA) is 48.1 Å². The lowest BCUT2D eigenvalue weighted by Gasteiger charge is -2.10. The van der Waals surface area contributed by atoms with Crippen molar-refractivity contribution >= 4 is 0 Å². The Balaban J connectivity index is 2.09. The summed E-state index contributed by atoms with van der Waals surface area (Å²) in [4.78, 5) is 4.32. The average molecular weight is 266 g/mol. The van der Waals surface area contributed by atoms with Crippen molar-refractivity contribution in [3.8, 4) is 17.6 Å². The number of hydrogen-bond acceptors (Lipinski definition) is 3. The lowest BCUT2D eigenvalue weighted by atomic mass is 10.1. The van der Waals surface area contributed by atoms with Crippen LogP contribution < -0.4 is 10.5 Å². The molecule has 3 nitrogen and oxygen atoms in total. The van der Waals surface area contributed by atoms with E-state index in [4.69, 9.17) is 10.5 Å². The largest absolute Gasteiger partial charge is 0.487 e. The fraction of sp³-hybridized carbons (Fsp3) is 0.235. The molecule has 0 amide bonds. The molecule has 20 heavy (non-hydrogen) atoms. The molecule has 2 N–H and O–H groups in total. The molecule has 0 saturated heterocycles. The van der Waals surface area contributed by atoms with Gasteiger partial charge in [0.2, 0.25) is 0 Å². The van der Waals surface area contributed by atoms with Gasteiger partial charge in [-0.25, -0.2) is 0 Å². The van der Waals surface area contributed by atoms with Crippen molar-refractivity contribution in [3.05, 3.63) is 58.9 Å². The first kappa shape index (κ1) is 14.1. The minimum Gasteiger partial charge on any atom is -0.487 e. The number of benzene rings is 1. The molecule has 102 valence electrons. The lowest BCUT2D eigenvalue weighted by molar-refractivity contribution is 0.298. The number of ether oxygens (including phenoxy) is 1. The average Bonchev–Trinajstić information content (AvgIpc) is 2.45. The maximum Gasteiger partial charge on any atom is 0.130 e. The summed E-state index contributed by atoms with van der Waals surface area (Å²) in [6, 6.07) is 9.84. The Bertz CT molecular complexity index is 654. The molecule has 0 bridgehead atoms. The van der Waals surface area contributed by atoms with E-state index < -0.39 is 0 Å². The highest BCUT2D eigenvalue weighted by Gasteiger charge is 2.03. The third-order valence-corrected chi connectivity index (χ3v) is 2.99. The van der Waals surface area contributed by atoms with Gasteiger partial charge >= 0.3 is 0 Å². The van der Waals surface area contributed by atoms with Crippen molar-refractivity contribution in [2.24, 2.45) is 5.73 Å². The van der Waals surface area contributed by atoms with Gasteiger partial charge in [-0.15, -0.1) is 0 Å². The number of hydrogen-bond donors (Lipinski definition) is 1. The summed E-state index contributed by atoms with van der Waals surface area (Å²) in [6.45, 7) is 4.88. The quantitative estimate of drug-likeness (QED) is 0.869. The first-order valence-corrected chi connectivity index (χ1v) is 6.53. The summed E-state index contributed by atoms with van der Waals surface area (Å²) < 4.78 is 5.83. The van der Waals surface area contributed by atoms with Gasteiger partial charge in [0.1, 0.15) is 12.4 Å². The van der Waals surface area contributed by atoms with Crippen molar-refractivity contribution in [3.63, 3.8) is 0 Å². The van der Waals surface area contributed by atoms with Crippen molar-refractivity contribution < 1.29 is 4.74 Å². The van der Waals surface area contributed by atoms with E-state index in [2.05, 4.69) is 16.8 Å². The number of nitrogens with zero attached hydrogens (tertiary/aromatic N) is 1. The molecule has 0 spiro atoms. The van der Waals surface area contributed by atoms with Crippen LogP contribution in [0, 0.1) is 25.7 Å². The predicted molar refractivity (Wildman–Crippen MR) is 80.4 cm³/mol. The minimum atomic E-state index is 0.371. The molecule has 1 aromatic carbocycles. The fourth-order valence-electron chi connectivity index (χ4n) is 1.86. The number of aryl methyl sites for hydroxylation is 2. The van der Waals surface area contributed by atoms with E-state index in [1.54, 1.807) is 6.20 Å². The van der Waals surface area contributed by atoms with Gasteiger partial charge in [0.15, 0.2) is 0 Å². The summed E-state index contributed by atoms with van der Waals surface area (Å²) in [5.41, 5.74) is 9.47. The highest BCUT2D eigenvalue weighted by Crippen LogP contribution is 2.20. The van der Waals surface area contributed by atoms with Crippen molar-refractivity contribution in [2.45, 2.75) is 20.5 Å². The van der Waals surface area contributed by atoms with E-state index in [9.17, 15) is 0 Å². The van der Waals surface area contributed by atoms with Crippen LogP contribution in [0.15, 0.2) is 36.5 Å². The van der Waals surface area contributed by atoms with Crippen molar-refractivity contribution in [1.29, 1.82) is 0 Å².